The molecule has 1 heterocycles. The maximum atomic E-state index is 9.11. The summed E-state index contributed by atoms with van der Waals surface area (Å²) in [6.45, 7) is 9.37. The Morgan fingerprint density at radius 3 is 2.42 bits per heavy atom. The van der Waals surface area contributed by atoms with Crippen LogP contribution in [0.4, 0.5) is 0 Å². The SMILES string of the molecule is C=C(O)c1cc(C)c(C)c(C)n1. The summed E-state index contributed by atoms with van der Waals surface area (Å²) in [5, 5.41) is 9.11. The Hall–Kier alpha value is -1.31. The number of rotatable bonds is 1. The van der Waals surface area contributed by atoms with Gasteiger partial charge < -0.3 is 5.11 Å². The lowest BCUT2D eigenvalue weighted by molar-refractivity contribution is 0.510. The van der Waals surface area contributed by atoms with Crippen LogP contribution in [0.5, 0.6) is 0 Å². The van der Waals surface area contributed by atoms with Crippen molar-refractivity contribution in [2.45, 2.75) is 20.8 Å². The Labute approximate surface area is 72.6 Å². The molecule has 0 aromatic carbocycles. The van der Waals surface area contributed by atoms with Gasteiger partial charge in [-0.1, -0.05) is 6.58 Å². The van der Waals surface area contributed by atoms with Gasteiger partial charge in [-0.15, -0.1) is 0 Å². The fourth-order valence-corrected chi connectivity index (χ4v) is 1.04. The highest BCUT2D eigenvalue weighted by Crippen LogP contribution is 2.14. The molecular formula is C10H13NO. The van der Waals surface area contributed by atoms with Gasteiger partial charge in [0.05, 0.1) is 0 Å². The minimum atomic E-state index is 0.0289. The number of hydrogen-bond donors (Lipinski definition) is 1. The van der Waals surface area contributed by atoms with E-state index in [0.717, 1.165) is 11.3 Å². The first-order valence-electron chi connectivity index (χ1n) is 3.85. The van der Waals surface area contributed by atoms with Crippen LogP contribution in [0.3, 0.4) is 0 Å². The molecule has 1 rings (SSSR count). The minimum Gasteiger partial charge on any atom is -0.506 e. The Bertz CT molecular complexity index is 306. The number of aliphatic hydroxyl groups is 1. The van der Waals surface area contributed by atoms with Crippen molar-refractivity contribution in [2.75, 3.05) is 0 Å². The van der Waals surface area contributed by atoms with Gasteiger partial charge in [0.2, 0.25) is 0 Å². The standard InChI is InChI=1S/C10H13NO/c1-6-5-10(9(4)12)11-8(3)7(6)2/h5,12H,4H2,1-3H3. The highest BCUT2D eigenvalue weighted by molar-refractivity contribution is 5.53. The minimum absolute atomic E-state index is 0.0289. The van der Waals surface area contributed by atoms with Crippen LogP contribution in [-0.2, 0) is 0 Å². The first-order chi connectivity index (χ1) is 5.52. The van der Waals surface area contributed by atoms with E-state index < -0.39 is 0 Å². The maximum Gasteiger partial charge on any atom is 0.134 e. The molecule has 64 valence electrons. The predicted molar refractivity (Wildman–Crippen MR) is 50.1 cm³/mol. The molecule has 0 atom stereocenters. The number of hydrogen-bond acceptors (Lipinski definition) is 2. The average Bonchev–Trinajstić information content (AvgIpc) is 1.99. The van der Waals surface area contributed by atoms with Gasteiger partial charge in [0.25, 0.3) is 0 Å². The molecule has 0 spiro atoms. The molecule has 0 aliphatic carbocycles. The van der Waals surface area contributed by atoms with E-state index in [1.54, 1.807) is 0 Å². The highest BCUT2D eigenvalue weighted by Gasteiger charge is 2.03. The average molecular weight is 163 g/mol. The first kappa shape index (κ1) is 8.78. The summed E-state index contributed by atoms with van der Waals surface area (Å²) in [6.07, 6.45) is 0. The fraction of sp³-hybridized carbons (Fsp3) is 0.300. The molecule has 0 aliphatic heterocycles. The molecular weight excluding hydrogens is 150 g/mol. The first-order valence-corrected chi connectivity index (χ1v) is 3.85. The summed E-state index contributed by atoms with van der Waals surface area (Å²) in [5.74, 6) is 0.0289. The largest absolute Gasteiger partial charge is 0.506 e. The van der Waals surface area contributed by atoms with E-state index in [1.165, 1.54) is 5.56 Å². The Balaban J connectivity index is 3.31. The number of aromatic nitrogens is 1. The van der Waals surface area contributed by atoms with Crippen molar-refractivity contribution >= 4 is 5.76 Å². The number of aryl methyl sites for hydroxylation is 2. The van der Waals surface area contributed by atoms with Gasteiger partial charge in [-0.25, -0.2) is 4.98 Å². The van der Waals surface area contributed by atoms with Crippen LogP contribution in [0.1, 0.15) is 22.5 Å². The quantitative estimate of drug-likeness (QED) is 0.645. The van der Waals surface area contributed by atoms with Crippen molar-refractivity contribution in [2.24, 2.45) is 0 Å². The van der Waals surface area contributed by atoms with Gasteiger partial charge in [0, 0.05) is 5.69 Å². The molecule has 0 radical (unpaired) electrons. The Morgan fingerprint density at radius 2 is 2.00 bits per heavy atom. The van der Waals surface area contributed by atoms with Gasteiger partial charge in [0.15, 0.2) is 0 Å². The van der Waals surface area contributed by atoms with E-state index in [2.05, 4.69) is 11.6 Å². The van der Waals surface area contributed by atoms with Crippen molar-refractivity contribution in [1.82, 2.24) is 4.98 Å². The zero-order chi connectivity index (χ0) is 9.30. The molecule has 0 saturated heterocycles. The van der Waals surface area contributed by atoms with E-state index in [0.29, 0.717) is 5.69 Å². The van der Waals surface area contributed by atoms with Crippen molar-refractivity contribution in [3.8, 4) is 0 Å². The molecule has 1 aromatic rings. The molecule has 1 N–H and O–H groups in total. The fourth-order valence-electron chi connectivity index (χ4n) is 1.04. The van der Waals surface area contributed by atoms with Crippen LogP contribution in [0, 0.1) is 20.8 Å². The van der Waals surface area contributed by atoms with Gasteiger partial charge in [0.1, 0.15) is 11.5 Å². The van der Waals surface area contributed by atoms with Crippen molar-refractivity contribution in [3.05, 3.63) is 35.2 Å². The lowest BCUT2D eigenvalue weighted by Crippen LogP contribution is -1.96. The lowest BCUT2D eigenvalue weighted by atomic mass is 10.1. The Kier molecular flexibility index (Phi) is 2.18. The van der Waals surface area contributed by atoms with E-state index in [-0.39, 0.29) is 5.76 Å². The van der Waals surface area contributed by atoms with Gasteiger partial charge in [-0.3, -0.25) is 0 Å². The molecule has 0 fully saturated rings. The van der Waals surface area contributed by atoms with Gasteiger partial charge in [-0.05, 0) is 38.0 Å². The van der Waals surface area contributed by atoms with E-state index >= 15 is 0 Å². The molecule has 0 amide bonds. The smallest absolute Gasteiger partial charge is 0.134 e. The zero-order valence-electron chi connectivity index (χ0n) is 7.68. The van der Waals surface area contributed by atoms with Crippen molar-refractivity contribution in [1.29, 1.82) is 0 Å². The third-order valence-corrected chi connectivity index (χ3v) is 2.07. The van der Waals surface area contributed by atoms with E-state index in [4.69, 9.17) is 5.11 Å². The molecule has 1 aromatic heterocycles. The monoisotopic (exact) mass is 163 g/mol. The maximum absolute atomic E-state index is 9.11. The number of pyridine rings is 1. The molecule has 12 heavy (non-hydrogen) atoms. The summed E-state index contributed by atoms with van der Waals surface area (Å²) in [5.41, 5.74) is 3.81. The van der Waals surface area contributed by atoms with Crippen LogP contribution in [0.15, 0.2) is 12.6 Å². The van der Waals surface area contributed by atoms with Crippen LogP contribution in [-0.4, -0.2) is 10.1 Å². The summed E-state index contributed by atoms with van der Waals surface area (Å²) >= 11 is 0. The molecule has 2 heteroatoms. The Morgan fingerprint density at radius 1 is 1.42 bits per heavy atom. The second-order valence-electron chi connectivity index (χ2n) is 2.98. The van der Waals surface area contributed by atoms with Crippen LogP contribution >= 0.6 is 0 Å². The number of aliphatic hydroxyl groups excluding tert-OH is 1. The molecule has 0 aliphatic rings. The molecule has 0 unspecified atom stereocenters. The lowest BCUT2D eigenvalue weighted by Gasteiger charge is -2.06. The van der Waals surface area contributed by atoms with Gasteiger partial charge in [-0.2, -0.15) is 0 Å². The molecule has 2 nitrogen and oxygen atoms in total. The van der Waals surface area contributed by atoms with Crippen molar-refractivity contribution < 1.29 is 5.11 Å². The normalized spacial score (nSPS) is 9.92. The van der Waals surface area contributed by atoms with Crippen LogP contribution < -0.4 is 0 Å². The van der Waals surface area contributed by atoms with E-state index in [9.17, 15) is 0 Å². The van der Waals surface area contributed by atoms with Crippen molar-refractivity contribution in [3.63, 3.8) is 0 Å². The van der Waals surface area contributed by atoms with Crippen LogP contribution in [0.25, 0.3) is 5.76 Å². The second kappa shape index (κ2) is 2.97. The van der Waals surface area contributed by atoms with Crippen LogP contribution in [0.2, 0.25) is 0 Å². The highest BCUT2D eigenvalue weighted by atomic mass is 16.3. The van der Waals surface area contributed by atoms with E-state index in [1.807, 2.05) is 26.8 Å². The molecule has 0 bridgehead atoms. The second-order valence-corrected chi connectivity index (χ2v) is 2.98. The predicted octanol–water partition coefficient (Wildman–Crippen LogP) is 2.54. The third-order valence-electron chi connectivity index (χ3n) is 2.07. The zero-order valence-corrected chi connectivity index (χ0v) is 7.68. The topological polar surface area (TPSA) is 33.1 Å². The summed E-state index contributed by atoms with van der Waals surface area (Å²) in [6, 6.07) is 1.84. The van der Waals surface area contributed by atoms with Gasteiger partial charge >= 0.3 is 0 Å². The summed E-state index contributed by atoms with van der Waals surface area (Å²) in [7, 11) is 0. The summed E-state index contributed by atoms with van der Waals surface area (Å²) in [4.78, 5) is 4.18. The number of nitrogens with zero attached hydrogens (tertiary/aromatic N) is 1. The summed E-state index contributed by atoms with van der Waals surface area (Å²) < 4.78 is 0. The molecule has 0 saturated carbocycles. The third kappa shape index (κ3) is 1.47.